The summed E-state index contributed by atoms with van der Waals surface area (Å²) in [7, 11) is 0. The third-order valence-corrected chi connectivity index (χ3v) is 3.63. The summed E-state index contributed by atoms with van der Waals surface area (Å²) in [6, 6.07) is 37.0. The molecule has 0 saturated heterocycles. The summed E-state index contributed by atoms with van der Waals surface area (Å²) in [6.45, 7) is 5.71. The van der Waals surface area contributed by atoms with Gasteiger partial charge in [-0.25, -0.2) is 0 Å². The lowest BCUT2D eigenvalue weighted by Crippen LogP contribution is -1.67. The number of hydrogen-bond acceptors (Lipinski definition) is 0. The maximum absolute atomic E-state index is 3.63. The Balaban J connectivity index is 0.000000195. The molecule has 1 heteroatoms. The molecule has 0 aromatic heterocycles. The molecule has 4 rings (SSSR count). The van der Waals surface area contributed by atoms with Crippen molar-refractivity contribution < 1.29 is 5.48 Å². The molecule has 0 spiro atoms. The summed E-state index contributed by atoms with van der Waals surface area (Å²) in [5.74, 6) is 0. The fourth-order valence-corrected chi connectivity index (χ4v) is 2.26. The smallest absolute Gasteiger partial charge is 0.0184 e. The fourth-order valence-electron chi connectivity index (χ4n) is 2.26. The molecule has 0 radical (unpaired) electrons. The van der Waals surface area contributed by atoms with Gasteiger partial charge in [0.05, 0.1) is 0 Å². The molecule has 4 aromatic rings. The highest BCUT2D eigenvalue weighted by molar-refractivity contribution is 5.82. The molecule has 0 heterocycles. The van der Waals surface area contributed by atoms with E-state index in [1.807, 2.05) is 54.6 Å². The Bertz CT molecular complexity index is 802. The van der Waals surface area contributed by atoms with Gasteiger partial charge in [-0.15, -0.1) is 0 Å². The number of rotatable bonds is 1. The zero-order valence-corrected chi connectivity index (χ0v) is 15.2. The highest BCUT2D eigenvalue weighted by atomic mass is 16.0. The van der Waals surface area contributed by atoms with Crippen LogP contribution in [-0.2, 0) is 0 Å². The van der Waals surface area contributed by atoms with Crippen molar-refractivity contribution in [1.82, 2.24) is 0 Å². The minimum atomic E-state index is 0. The first kappa shape index (κ1) is 20.9. The van der Waals surface area contributed by atoms with Crippen LogP contribution in [0.15, 0.2) is 116 Å². The van der Waals surface area contributed by atoms with Crippen molar-refractivity contribution in [2.24, 2.45) is 0 Å². The Labute approximate surface area is 156 Å². The maximum Gasteiger partial charge on any atom is -0.0184 e. The second kappa shape index (κ2) is 12.2. The van der Waals surface area contributed by atoms with Gasteiger partial charge in [0.2, 0.25) is 0 Å². The molecule has 0 atom stereocenters. The fraction of sp³-hybridized carbons (Fsp3) is 0.0400. The van der Waals surface area contributed by atoms with Crippen LogP contribution in [0.3, 0.4) is 0 Å². The molecule has 0 saturated carbocycles. The Kier molecular flexibility index (Phi) is 9.83. The van der Waals surface area contributed by atoms with Crippen LogP contribution in [0.2, 0.25) is 0 Å². The summed E-state index contributed by atoms with van der Waals surface area (Å²) in [5.41, 5.74) is 2.50. The van der Waals surface area contributed by atoms with Gasteiger partial charge in [0.1, 0.15) is 0 Å². The monoisotopic (exact) mass is 342 g/mol. The van der Waals surface area contributed by atoms with E-state index in [1.54, 1.807) is 0 Å². The minimum absolute atomic E-state index is 0. The van der Waals surface area contributed by atoms with Gasteiger partial charge in [0.25, 0.3) is 0 Å². The summed E-state index contributed by atoms with van der Waals surface area (Å²) in [4.78, 5) is 0. The van der Waals surface area contributed by atoms with Crippen LogP contribution in [-0.4, -0.2) is 5.48 Å². The quantitative estimate of drug-likeness (QED) is 0.386. The lowest BCUT2D eigenvalue weighted by molar-refractivity contribution is 0.824. The van der Waals surface area contributed by atoms with E-state index in [1.165, 1.54) is 21.9 Å². The molecule has 1 nitrogen and oxygen atoms in total. The van der Waals surface area contributed by atoms with Gasteiger partial charge in [-0.05, 0) is 23.3 Å². The Morgan fingerprint density at radius 1 is 0.538 bits per heavy atom. The second-order valence-corrected chi connectivity index (χ2v) is 5.62. The van der Waals surface area contributed by atoms with E-state index in [2.05, 4.69) is 74.2 Å². The van der Waals surface area contributed by atoms with Crippen molar-refractivity contribution in [3.63, 3.8) is 0 Å². The lowest BCUT2D eigenvalue weighted by atomic mass is 10.1. The molecule has 0 aliphatic heterocycles. The van der Waals surface area contributed by atoms with Gasteiger partial charge >= 0.3 is 0 Å². The van der Waals surface area contributed by atoms with Gasteiger partial charge in [-0.2, -0.15) is 0 Å². The molecule has 0 aliphatic carbocycles. The molecule has 0 unspecified atom stereocenters. The van der Waals surface area contributed by atoms with E-state index in [0.717, 1.165) is 0 Å². The summed E-state index contributed by atoms with van der Waals surface area (Å²) >= 11 is 0. The number of fused-ring (bicyclic) bond motifs is 1. The standard InChI is InChI=1S/C10H8.C8H8.C7H8.H2O/c1-2-6-10-8-4-3-7-9(10)5-1;1-2-8-6-4-3-5-7-8;1-7-5-3-2-4-6-7;/h1-8H;2-7H,1H2;2-6H,1H3;1H2. The van der Waals surface area contributed by atoms with Crippen molar-refractivity contribution in [3.05, 3.63) is 127 Å². The van der Waals surface area contributed by atoms with E-state index in [-0.39, 0.29) is 5.48 Å². The van der Waals surface area contributed by atoms with Gasteiger partial charge in [-0.1, -0.05) is 127 Å². The van der Waals surface area contributed by atoms with Gasteiger partial charge in [-0.3, -0.25) is 0 Å². The Morgan fingerprint density at radius 2 is 0.885 bits per heavy atom. The molecule has 132 valence electrons. The van der Waals surface area contributed by atoms with Crippen LogP contribution >= 0.6 is 0 Å². The van der Waals surface area contributed by atoms with E-state index >= 15 is 0 Å². The van der Waals surface area contributed by atoms with Crippen molar-refractivity contribution in [3.8, 4) is 0 Å². The molecule has 4 aromatic carbocycles. The molecule has 0 bridgehead atoms. The molecular formula is C25H26O. The SMILES string of the molecule is C=Cc1ccccc1.Cc1ccccc1.O.c1ccc2ccccc2c1. The van der Waals surface area contributed by atoms with Crippen molar-refractivity contribution in [2.45, 2.75) is 6.92 Å². The van der Waals surface area contributed by atoms with Crippen LogP contribution in [0.1, 0.15) is 11.1 Å². The average molecular weight is 342 g/mol. The van der Waals surface area contributed by atoms with Crippen LogP contribution in [0.5, 0.6) is 0 Å². The van der Waals surface area contributed by atoms with E-state index in [9.17, 15) is 0 Å². The van der Waals surface area contributed by atoms with Gasteiger partial charge < -0.3 is 5.48 Å². The van der Waals surface area contributed by atoms with Crippen molar-refractivity contribution >= 4 is 16.8 Å². The normalized spacial score (nSPS) is 8.81. The number of hydrogen-bond donors (Lipinski definition) is 0. The van der Waals surface area contributed by atoms with E-state index in [4.69, 9.17) is 0 Å². The Morgan fingerprint density at radius 3 is 1.15 bits per heavy atom. The third kappa shape index (κ3) is 7.61. The van der Waals surface area contributed by atoms with Crippen LogP contribution in [0, 0.1) is 6.92 Å². The van der Waals surface area contributed by atoms with Crippen molar-refractivity contribution in [2.75, 3.05) is 0 Å². The second-order valence-electron chi connectivity index (χ2n) is 5.62. The average Bonchev–Trinajstić information content (AvgIpc) is 2.70. The Hall–Kier alpha value is -3.16. The van der Waals surface area contributed by atoms with Crippen LogP contribution < -0.4 is 0 Å². The molecule has 26 heavy (non-hydrogen) atoms. The third-order valence-electron chi connectivity index (χ3n) is 3.63. The van der Waals surface area contributed by atoms with Gasteiger partial charge in [0.15, 0.2) is 0 Å². The zero-order valence-electron chi connectivity index (χ0n) is 15.2. The predicted molar refractivity (Wildman–Crippen MR) is 115 cm³/mol. The summed E-state index contributed by atoms with van der Waals surface area (Å²) in [6.07, 6.45) is 1.83. The molecular weight excluding hydrogens is 316 g/mol. The highest BCUT2D eigenvalue weighted by Crippen LogP contribution is 2.11. The number of aryl methyl sites for hydroxylation is 1. The largest absolute Gasteiger partial charge is 0.412 e. The molecule has 0 aliphatic rings. The zero-order chi connectivity index (χ0) is 17.7. The summed E-state index contributed by atoms with van der Waals surface area (Å²) in [5, 5.41) is 2.62. The molecule has 2 N–H and O–H groups in total. The first-order valence-electron chi connectivity index (χ1n) is 8.42. The minimum Gasteiger partial charge on any atom is -0.412 e. The van der Waals surface area contributed by atoms with E-state index in [0.29, 0.717) is 0 Å². The number of benzene rings is 4. The van der Waals surface area contributed by atoms with E-state index < -0.39 is 0 Å². The first-order valence-corrected chi connectivity index (χ1v) is 8.42. The predicted octanol–water partition coefficient (Wildman–Crippen LogP) is 6.34. The van der Waals surface area contributed by atoms with Crippen LogP contribution in [0.25, 0.3) is 16.8 Å². The molecule has 0 amide bonds. The lowest BCUT2D eigenvalue weighted by Gasteiger charge is -1.92. The highest BCUT2D eigenvalue weighted by Gasteiger charge is 1.85. The summed E-state index contributed by atoms with van der Waals surface area (Å²) < 4.78 is 0. The van der Waals surface area contributed by atoms with Gasteiger partial charge in [0, 0.05) is 0 Å². The van der Waals surface area contributed by atoms with Crippen LogP contribution in [0.4, 0.5) is 0 Å². The topological polar surface area (TPSA) is 31.5 Å². The molecule has 0 fully saturated rings. The maximum atomic E-state index is 3.63. The van der Waals surface area contributed by atoms with Crippen molar-refractivity contribution in [1.29, 1.82) is 0 Å². The first-order chi connectivity index (χ1) is 12.3.